The van der Waals surface area contributed by atoms with Crippen molar-refractivity contribution in [2.45, 2.75) is 25.0 Å². The lowest BCUT2D eigenvalue weighted by molar-refractivity contribution is 0.0301. The summed E-state index contributed by atoms with van der Waals surface area (Å²) in [4.78, 5) is 20.5. The molecular formula is C10H12IN3O2. The van der Waals surface area contributed by atoms with Crippen molar-refractivity contribution in [3.8, 4) is 0 Å². The molecule has 2 unspecified atom stereocenters. The summed E-state index contributed by atoms with van der Waals surface area (Å²) in [5.41, 5.74) is -0.0653. The molecule has 2 bridgehead atoms. The van der Waals surface area contributed by atoms with Crippen LogP contribution in [-0.2, 0) is 4.74 Å². The number of hydrogen-bond acceptors (Lipinski definition) is 4. The van der Waals surface area contributed by atoms with Crippen LogP contribution in [0.4, 0.5) is 5.82 Å². The maximum absolute atomic E-state index is 11.5. The molecule has 3 rings (SSSR count). The number of aromatic nitrogens is 2. The van der Waals surface area contributed by atoms with Crippen molar-refractivity contribution in [2.24, 2.45) is 0 Å². The number of H-pyrrole nitrogens is 1. The zero-order valence-electron chi connectivity index (χ0n) is 8.65. The topological polar surface area (TPSA) is 58.2 Å². The highest BCUT2D eigenvalue weighted by Crippen LogP contribution is 2.29. The zero-order chi connectivity index (χ0) is 11.1. The second kappa shape index (κ2) is 3.99. The number of hydrogen-bond donors (Lipinski definition) is 1. The fraction of sp³-hybridized carbons (Fsp3) is 0.600. The summed E-state index contributed by atoms with van der Waals surface area (Å²) in [5, 5.41) is 0. The number of rotatable bonds is 1. The highest BCUT2D eigenvalue weighted by atomic mass is 127. The van der Waals surface area contributed by atoms with E-state index in [2.05, 4.69) is 37.5 Å². The molecule has 2 atom stereocenters. The molecule has 0 saturated carbocycles. The van der Waals surface area contributed by atoms with Gasteiger partial charge in [-0.2, -0.15) is 0 Å². The third-order valence-corrected chi connectivity index (χ3v) is 4.09. The van der Waals surface area contributed by atoms with Gasteiger partial charge in [0, 0.05) is 13.1 Å². The lowest BCUT2D eigenvalue weighted by atomic mass is 10.2. The minimum atomic E-state index is -0.0653. The van der Waals surface area contributed by atoms with Crippen LogP contribution in [0.3, 0.4) is 0 Å². The quantitative estimate of drug-likeness (QED) is 0.771. The molecule has 0 spiro atoms. The Balaban J connectivity index is 1.92. The minimum Gasteiger partial charge on any atom is -0.371 e. The van der Waals surface area contributed by atoms with Gasteiger partial charge in [0.25, 0.3) is 5.56 Å². The van der Waals surface area contributed by atoms with E-state index >= 15 is 0 Å². The largest absolute Gasteiger partial charge is 0.371 e. The molecule has 2 aliphatic heterocycles. The number of nitrogens with one attached hydrogen (secondary N) is 1. The number of nitrogens with zero attached hydrogens (tertiary/aromatic N) is 2. The predicted octanol–water partition coefficient (Wildman–Crippen LogP) is 0.742. The third kappa shape index (κ3) is 1.73. The fourth-order valence-corrected chi connectivity index (χ4v) is 3.02. The molecule has 1 N–H and O–H groups in total. The van der Waals surface area contributed by atoms with Crippen molar-refractivity contribution in [2.75, 3.05) is 18.0 Å². The summed E-state index contributed by atoms with van der Waals surface area (Å²) >= 11 is 2.05. The second-order valence-electron chi connectivity index (χ2n) is 4.23. The van der Waals surface area contributed by atoms with Gasteiger partial charge in [0.05, 0.1) is 18.5 Å². The van der Waals surface area contributed by atoms with E-state index in [0.717, 1.165) is 31.7 Å². The number of anilines is 1. The van der Waals surface area contributed by atoms with Crippen LogP contribution in [0.25, 0.3) is 0 Å². The summed E-state index contributed by atoms with van der Waals surface area (Å²) in [5.74, 6) is 0.796. The van der Waals surface area contributed by atoms with E-state index in [1.807, 2.05) is 0 Å². The van der Waals surface area contributed by atoms with Crippen LogP contribution in [0, 0.1) is 3.57 Å². The molecule has 3 heterocycles. The van der Waals surface area contributed by atoms with E-state index in [0.29, 0.717) is 15.8 Å². The maximum atomic E-state index is 11.5. The van der Waals surface area contributed by atoms with E-state index in [1.54, 1.807) is 0 Å². The summed E-state index contributed by atoms with van der Waals surface area (Å²) < 4.78 is 6.43. The van der Waals surface area contributed by atoms with E-state index < -0.39 is 0 Å². The molecule has 2 fully saturated rings. The van der Waals surface area contributed by atoms with Gasteiger partial charge in [-0.3, -0.25) is 4.79 Å². The average molecular weight is 333 g/mol. The first-order valence-corrected chi connectivity index (χ1v) is 6.45. The van der Waals surface area contributed by atoms with Gasteiger partial charge in [-0.05, 0) is 35.4 Å². The Kier molecular flexibility index (Phi) is 2.62. The number of halogens is 1. The Morgan fingerprint density at radius 3 is 2.81 bits per heavy atom. The van der Waals surface area contributed by atoms with E-state index in [9.17, 15) is 4.79 Å². The smallest absolute Gasteiger partial charge is 0.266 e. The van der Waals surface area contributed by atoms with Crippen molar-refractivity contribution in [3.05, 3.63) is 20.3 Å². The lowest BCUT2D eigenvalue weighted by Crippen LogP contribution is -2.44. The zero-order valence-corrected chi connectivity index (χ0v) is 10.8. The molecule has 0 aliphatic carbocycles. The standard InChI is InChI=1S/C10H12IN3O2/c11-8-9(12-5-13-10(8)15)14-3-6-1-2-7(4-14)16-6/h5-7H,1-4H2,(H,12,13,15). The summed E-state index contributed by atoms with van der Waals surface area (Å²) in [6.07, 6.45) is 4.35. The van der Waals surface area contributed by atoms with Gasteiger partial charge in [0.15, 0.2) is 0 Å². The van der Waals surface area contributed by atoms with Crippen LogP contribution in [0.15, 0.2) is 11.1 Å². The molecule has 2 aliphatic rings. The fourth-order valence-electron chi connectivity index (χ4n) is 2.38. The molecule has 1 aromatic heterocycles. The molecule has 1 aromatic rings. The van der Waals surface area contributed by atoms with Crippen molar-refractivity contribution in [3.63, 3.8) is 0 Å². The van der Waals surface area contributed by atoms with Gasteiger partial charge >= 0.3 is 0 Å². The molecule has 0 amide bonds. The molecule has 86 valence electrons. The van der Waals surface area contributed by atoms with E-state index in [-0.39, 0.29) is 5.56 Å². The third-order valence-electron chi connectivity index (χ3n) is 3.12. The molecule has 6 heteroatoms. The SMILES string of the molecule is O=c1[nH]cnc(N2CC3CCC(C2)O3)c1I. The Hall–Kier alpha value is -0.630. The van der Waals surface area contributed by atoms with Crippen LogP contribution in [-0.4, -0.2) is 35.3 Å². The molecule has 16 heavy (non-hydrogen) atoms. The number of aromatic amines is 1. The normalized spacial score (nSPS) is 28.4. The van der Waals surface area contributed by atoms with Crippen molar-refractivity contribution >= 4 is 28.4 Å². The van der Waals surface area contributed by atoms with E-state index in [4.69, 9.17) is 4.74 Å². The number of ether oxygens (including phenoxy) is 1. The van der Waals surface area contributed by atoms with Crippen LogP contribution >= 0.6 is 22.6 Å². The summed E-state index contributed by atoms with van der Waals surface area (Å²) in [6, 6.07) is 0. The first-order valence-electron chi connectivity index (χ1n) is 5.37. The predicted molar refractivity (Wildman–Crippen MR) is 67.7 cm³/mol. The first kappa shape index (κ1) is 10.5. The lowest BCUT2D eigenvalue weighted by Gasteiger charge is -2.33. The van der Waals surface area contributed by atoms with Gasteiger partial charge < -0.3 is 14.6 Å². The molecular weight excluding hydrogens is 321 g/mol. The van der Waals surface area contributed by atoms with Crippen LogP contribution in [0.1, 0.15) is 12.8 Å². The van der Waals surface area contributed by atoms with Crippen LogP contribution in [0.5, 0.6) is 0 Å². The first-order chi connectivity index (χ1) is 7.74. The molecule has 0 radical (unpaired) electrons. The van der Waals surface area contributed by atoms with Gasteiger partial charge in [-0.1, -0.05) is 0 Å². The molecule has 2 saturated heterocycles. The van der Waals surface area contributed by atoms with Gasteiger partial charge in [-0.15, -0.1) is 0 Å². The van der Waals surface area contributed by atoms with Crippen molar-refractivity contribution in [1.82, 2.24) is 9.97 Å². The second-order valence-corrected chi connectivity index (χ2v) is 5.31. The highest BCUT2D eigenvalue weighted by molar-refractivity contribution is 14.1. The minimum absolute atomic E-state index is 0.0653. The summed E-state index contributed by atoms with van der Waals surface area (Å²) in [6.45, 7) is 1.70. The van der Waals surface area contributed by atoms with E-state index in [1.165, 1.54) is 6.33 Å². The van der Waals surface area contributed by atoms with Crippen molar-refractivity contribution in [1.29, 1.82) is 0 Å². The van der Waals surface area contributed by atoms with Crippen LogP contribution in [0.2, 0.25) is 0 Å². The van der Waals surface area contributed by atoms with Crippen LogP contribution < -0.4 is 10.5 Å². The summed E-state index contributed by atoms with van der Waals surface area (Å²) in [7, 11) is 0. The molecule has 0 aromatic carbocycles. The Labute approximate surface area is 106 Å². The highest BCUT2D eigenvalue weighted by Gasteiger charge is 2.34. The molecule has 5 nitrogen and oxygen atoms in total. The number of morpholine rings is 1. The van der Waals surface area contributed by atoms with Gasteiger partial charge in [0.2, 0.25) is 0 Å². The van der Waals surface area contributed by atoms with Gasteiger partial charge in [-0.25, -0.2) is 4.98 Å². The maximum Gasteiger partial charge on any atom is 0.266 e. The Morgan fingerprint density at radius 2 is 2.12 bits per heavy atom. The Bertz CT molecular complexity index is 450. The average Bonchev–Trinajstić information content (AvgIpc) is 2.62. The number of fused-ring (bicyclic) bond motifs is 2. The van der Waals surface area contributed by atoms with Gasteiger partial charge in [0.1, 0.15) is 9.39 Å². The van der Waals surface area contributed by atoms with Crippen molar-refractivity contribution < 1.29 is 4.74 Å². The Morgan fingerprint density at radius 1 is 1.44 bits per heavy atom. The monoisotopic (exact) mass is 333 g/mol.